The molecule has 0 radical (unpaired) electrons. The topological polar surface area (TPSA) is 20.3 Å². The van der Waals surface area contributed by atoms with Crippen LogP contribution in [0.15, 0.2) is 11.3 Å². The molecule has 2 heteroatoms. The van der Waals surface area contributed by atoms with Crippen LogP contribution in [0.4, 0.5) is 0 Å². The van der Waals surface area contributed by atoms with Crippen molar-refractivity contribution in [2.24, 2.45) is 0 Å². The number of nitrogens with zero attached hydrogens (tertiary/aromatic N) is 1. The fourth-order valence-corrected chi connectivity index (χ4v) is 1.97. The minimum absolute atomic E-state index is 0.336. The van der Waals surface area contributed by atoms with Crippen LogP contribution in [0.1, 0.15) is 32.6 Å². The van der Waals surface area contributed by atoms with E-state index < -0.39 is 0 Å². The summed E-state index contributed by atoms with van der Waals surface area (Å²) in [6, 6.07) is 0. The first-order chi connectivity index (χ1) is 5.29. The molecule has 2 aliphatic rings. The molecule has 60 valence electrons. The van der Waals surface area contributed by atoms with Gasteiger partial charge in [-0.2, -0.15) is 0 Å². The second-order valence-electron chi connectivity index (χ2n) is 3.38. The Morgan fingerprint density at radius 3 is 2.82 bits per heavy atom. The number of hydrogen-bond donors (Lipinski definition) is 0. The smallest absolute Gasteiger partial charge is 0.227 e. The molecule has 0 unspecified atom stereocenters. The number of carbonyl (C=O) groups excluding carboxylic acids is 1. The van der Waals surface area contributed by atoms with Crippen molar-refractivity contribution in [3.05, 3.63) is 11.3 Å². The molecule has 0 aliphatic carbocycles. The van der Waals surface area contributed by atoms with Gasteiger partial charge in [0.25, 0.3) is 0 Å². The minimum atomic E-state index is 0.336. The van der Waals surface area contributed by atoms with Gasteiger partial charge in [0.2, 0.25) is 5.91 Å². The van der Waals surface area contributed by atoms with E-state index >= 15 is 0 Å². The SMILES string of the molecule is CC1=C2CCCN2C(=O)CC1. The van der Waals surface area contributed by atoms with Crippen LogP contribution in [0, 0.1) is 0 Å². The van der Waals surface area contributed by atoms with E-state index in [4.69, 9.17) is 0 Å². The lowest BCUT2D eigenvalue weighted by Crippen LogP contribution is -2.29. The summed E-state index contributed by atoms with van der Waals surface area (Å²) in [6.45, 7) is 3.12. The molecule has 2 rings (SSSR count). The van der Waals surface area contributed by atoms with E-state index in [-0.39, 0.29) is 0 Å². The van der Waals surface area contributed by atoms with Gasteiger partial charge in [-0.05, 0) is 26.2 Å². The standard InChI is InChI=1S/C9H13NO/c1-7-4-5-9(11)10-6-2-3-8(7)10/h2-6H2,1H3. The highest BCUT2D eigenvalue weighted by atomic mass is 16.2. The Hall–Kier alpha value is -0.790. The predicted molar refractivity (Wildman–Crippen MR) is 42.9 cm³/mol. The molecule has 1 saturated heterocycles. The largest absolute Gasteiger partial charge is 0.316 e. The summed E-state index contributed by atoms with van der Waals surface area (Å²) in [5.74, 6) is 0.336. The lowest BCUT2D eigenvalue weighted by atomic mass is 10.0. The molecule has 2 aliphatic heterocycles. The van der Waals surface area contributed by atoms with E-state index in [1.54, 1.807) is 0 Å². The lowest BCUT2D eigenvalue weighted by Gasteiger charge is -2.24. The third kappa shape index (κ3) is 0.971. The third-order valence-corrected chi connectivity index (χ3v) is 2.63. The van der Waals surface area contributed by atoms with E-state index in [2.05, 4.69) is 6.92 Å². The summed E-state index contributed by atoms with van der Waals surface area (Å²) in [7, 11) is 0. The average molecular weight is 151 g/mol. The fourth-order valence-electron chi connectivity index (χ4n) is 1.97. The number of allylic oxidation sites excluding steroid dienone is 2. The first kappa shape index (κ1) is 6.89. The average Bonchev–Trinajstić information content (AvgIpc) is 2.45. The maximum atomic E-state index is 11.3. The monoisotopic (exact) mass is 151 g/mol. The second kappa shape index (κ2) is 2.36. The van der Waals surface area contributed by atoms with Gasteiger partial charge < -0.3 is 4.90 Å². The van der Waals surface area contributed by atoms with Gasteiger partial charge in [0, 0.05) is 18.7 Å². The van der Waals surface area contributed by atoms with Gasteiger partial charge in [-0.25, -0.2) is 0 Å². The maximum absolute atomic E-state index is 11.3. The molecular weight excluding hydrogens is 138 g/mol. The van der Waals surface area contributed by atoms with Crippen LogP contribution in [-0.2, 0) is 4.79 Å². The molecule has 0 bridgehead atoms. The van der Waals surface area contributed by atoms with Crippen molar-refractivity contribution < 1.29 is 4.79 Å². The first-order valence-corrected chi connectivity index (χ1v) is 4.28. The number of carbonyl (C=O) groups is 1. The van der Waals surface area contributed by atoms with Gasteiger partial charge in [-0.3, -0.25) is 4.79 Å². The zero-order valence-electron chi connectivity index (χ0n) is 6.89. The first-order valence-electron chi connectivity index (χ1n) is 4.28. The van der Waals surface area contributed by atoms with Crippen LogP contribution < -0.4 is 0 Å². The molecule has 0 saturated carbocycles. The van der Waals surface area contributed by atoms with E-state index in [0.717, 1.165) is 25.8 Å². The van der Waals surface area contributed by atoms with Crippen molar-refractivity contribution in [1.82, 2.24) is 4.90 Å². The zero-order valence-corrected chi connectivity index (χ0v) is 6.89. The molecule has 2 heterocycles. The normalized spacial score (nSPS) is 24.5. The summed E-state index contributed by atoms with van der Waals surface area (Å²) in [4.78, 5) is 13.3. The van der Waals surface area contributed by atoms with Crippen molar-refractivity contribution in [2.45, 2.75) is 32.6 Å². The fraction of sp³-hybridized carbons (Fsp3) is 0.667. The maximum Gasteiger partial charge on any atom is 0.227 e. The van der Waals surface area contributed by atoms with E-state index in [1.165, 1.54) is 17.7 Å². The molecule has 0 N–H and O–H groups in total. The predicted octanol–water partition coefficient (Wildman–Crippen LogP) is 1.68. The van der Waals surface area contributed by atoms with Crippen LogP contribution in [0.2, 0.25) is 0 Å². The Bertz CT molecular complexity index is 230. The molecule has 0 aromatic rings. The molecule has 2 nitrogen and oxygen atoms in total. The van der Waals surface area contributed by atoms with Crippen LogP contribution in [0.25, 0.3) is 0 Å². The number of hydrogen-bond acceptors (Lipinski definition) is 1. The summed E-state index contributed by atoms with van der Waals surface area (Å²) >= 11 is 0. The van der Waals surface area contributed by atoms with Gasteiger partial charge in [-0.1, -0.05) is 5.57 Å². The van der Waals surface area contributed by atoms with E-state index in [9.17, 15) is 4.79 Å². The third-order valence-electron chi connectivity index (χ3n) is 2.63. The van der Waals surface area contributed by atoms with Crippen molar-refractivity contribution >= 4 is 5.91 Å². The zero-order chi connectivity index (χ0) is 7.84. The summed E-state index contributed by atoms with van der Waals surface area (Å²) in [5, 5.41) is 0. The summed E-state index contributed by atoms with van der Waals surface area (Å²) < 4.78 is 0. The Kier molecular flexibility index (Phi) is 1.48. The number of rotatable bonds is 0. The van der Waals surface area contributed by atoms with Crippen molar-refractivity contribution in [3.8, 4) is 0 Å². The summed E-state index contributed by atoms with van der Waals surface area (Å²) in [6.07, 6.45) is 4.01. The van der Waals surface area contributed by atoms with Crippen LogP contribution in [0.5, 0.6) is 0 Å². The highest BCUT2D eigenvalue weighted by molar-refractivity contribution is 5.80. The lowest BCUT2D eigenvalue weighted by molar-refractivity contribution is -0.129. The van der Waals surface area contributed by atoms with E-state index in [1.807, 2.05) is 4.90 Å². The van der Waals surface area contributed by atoms with Gasteiger partial charge >= 0.3 is 0 Å². The summed E-state index contributed by atoms with van der Waals surface area (Å²) in [5.41, 5.74) is 2.75. The Morgan fingerprint density at radius 1 is 1.27 bits per heavy atom. The highest BCUT2D eigenvalue weighted by Crippen LogP contribution is 2.30. The van der Waals surface area contributed by atoms with E-state index in [0.29, 0.717) is 5.91 Å². The van der Waals surface area contributed by atoms with Crippen molar-refractivity contribution in [3.63, 3.8) is 0 Å². The highest BCUT2D eigenvalue weighted by Gasteiger charge is 2.27. The molecule has 11 heavy (non-hydrogen) atoms. The minimum Gasteiger partial charge on any atom is -0.316 e. The molecule has 0 spiro atoms. The Labute approximate surface area is 66.9 Å². The number of amides is 1. The second-order valence-corrected chi connectivity index (χ2v) is 3.38. The number of fused-ring (bicyclic) bond motifs is 1. The van der Waals surface area contributed by atoms with Crippen molar-refractivity contribution in [1.29, 1.82) is 0 Å². The molecule has 0 atom stereocenters. The van der Waals surface area contributed by atoms with Crippen LogP contribution >= 0.6 is 0 Å². The quantitative estimate of drug-likeness (QED) is 0.515. The van der Waals surface area contributed by atoms with Crippen LogP contribution in [-0.4, -0.2) is 17.4 Å². The Balaban J connectivity index is 2.34. The van der Waals surface area contributed by atoms with Gasteiger partial charge in [0.15, 0.2) is 0 Å². The molecule has 1 amide bonds. The molecule has 1 fully saturated rings. The van der Waals surface area contributed by atoms with Crippen LogP contribution in [0.3, 0.4) is 0 Å². The van der Waals surface area contributed by atoms with Crippen molar-refractivity contribution in [2.75, 3.05) is 6.54 Å². The van der Waals surface area contributed by atoms with Gasteiger partial charge in [-0.15, -0.1) is 0 Å². The van der Waals surface area contributed by atoms with Gasteiger partial charge in [0.05, 0.1) is 0 Å². The van der Waals surface area contributed by atoms with Gasteiger partial charge in [0.1, 0.15) is 0 Å². The molecular formula is C9H13NO. The Morgan fingerprint density at radius 2 is 2.09 bits per heavy atom. The molecule has 0 aromatic heterocycles. The molecule has 0 aromatic carbocycles.